The van der Waals surface area contributed by atoms with Crippen LogP contribution in [0.15, 0.2) is 12.1 Å². The van der Waals surface area contributed by atoms with E-state index in [0.29, 0.717) is 0 Å². The fraction of sp³-hybridized carbons (Fsp3) is 0.200. The smallest absolute Gasteiger partial charge is 0.323 e. The molecule has 0 aromatic heterocycles. The second-order valence-corrected chi connectivity index (χ2v) is 3.51. The maximum atomic E-state index is 13.1. The fourth-order valence-electron chi connectivity index (χ4n) is 1.61. The number of anilines is 2. The lowest BCUT2D eigenvalue weighted by molar-refractivity contribution is -0.136. The van der Waals surface area contributed by atoms with Gasteiger partial charge in [-0.15, -0.1) is 0 Å². The highest BCUT2D eigenvalue weighted by Crippen LogP contribution is 2.31. The number of carbonyl (C=O) groups is 2. The molecular weight excluding hydrogens is 234 g/mol. The maximum Gasteiger partial charge on any atom is 0.323 e. The van der Waals surface area contributed by atoms with Gasteiger partial charge in [0.2, 0.25) is 5.91 Å². The van der Waals surface area contributed by atoms with Crippen molar-refractivity contribution in [3.05, 3.63) is 23.8 Å². The van der Waals surface area contributed by atoms with Gasteiger partial charge in [0.15, 0.2) is 11.6 Å². The van der Waals surface area contributed by atoms with Gasteiger partial charge in [-0.3, -0.25) is 14.5 Å². The first kappa shape index (κ1) is 11.3. The van der Waals surface area contributed by atoms with Crippen LogP contribution in [0, 0.1) is 11.6 Å². The number of nitrogens with one attached hydrogen (secondary N) is 1. The SMILES string of the molecule is O=C(O)CN1C(=O)CNc2cc(F)c(F)cc21. The molecule has 1 aliphatic rings. The topological polar surface area (TPSA) is 69.6 Å². The first-order chi connectivity index (χ1) is 7.99. The number of halogens is 2. The molecule has 2 N–H and O–H groups in total. The van der Waals surface area contributed by atoms with Crippen LogP contribution in [-0.2, 0) is 9.59 Å². The van der Waals surface area contributed by atoms with E-state index in [1.807, 2.05) is 0 Å². The molecule has 0 atom stereocenters. The largest absolute Gasteiger partial charge is 0.480 e. The van der Waals surface area contributed by atoms with Crippen molar-refractivity contribution in [1.82, 2.24) is 0 Å². The Hall–Kier alpha value is -2.18. The maximum absolute atomic E-state index is 13.1. The van der Waals surface area contributed by atoms with E-state index < -0.39 is 30.1 Å². The van der Waals surface area contributed by atoms with Crippen LogP contribution >= 0.6 is 0 Å². The van der Waals surface area contributed by atoms with Crippen LogP contribution in [0.5, 0.6) is 0 Å². The van der Waals surface area contributed by atoms with E-state index in [2.05, 4.69) is 5.32 Å². The van der Waals surface area contributed by atoms with E-state index in [0.717, 1.165) is 17.0 Å². The van der Waals surface area contributed by atoms with Crippen molar-refractivity contribution in [2.24, 2.45) is 0 Å². The van der Waals surface area contributed by atoms with E-state index in [1.165, 1.54) is 0 Å². The number of benzene rings is 1. The number of rotatable bonds is 2. The lowest BCUT2D eigenvalue weighted by Crippen LogP contribution is -2.43. The number of amides is 1. The molecule has 2 rings (SSSR count). The van der Waals surface area contributed by atoms with Gasteiger partial charge in [-0.1, -0.05) is 0 Å². The molecule has 0 saturated carbocycles. The minimum Gasteiger partial charge on any atom is -0.480 e. The van der Waals surface area contributed by atoms with E-state index >= 15 is 0 Å². The number of fused-ring (bicyclic) bond motifs is 1. The molecular formula is C10H8F2N2O3. The summed E-state index contributed by atoms with van der Waals surface area (Å²) in [6, 6.07) is 1.70. The van der Waals surface area contributed by atoms with Gasteiger partial charge < -0.3 is 10.4 Å². The average Bonchev–Trinajstić information content (AvgIpc) is 2.25. The van der Waals surface area contributed by atoms with Crippen molar-refractivity contribution in [3.8, 4) is 0 Å². The molecule has 0 saturated heterocycles. The standard InChI is InChI=1S/C10H8F2N2O3/c11-5-1-7-8(2-6(5)12)14(4-10(16)17)9(15)3-13-7/h1-2,13H,3-4H2,(H,16,17). The molecule has 0 radical (unpaired) electrons. The summed E-state index contributed by atoms with van der Waals surface area (Å²) in [6.45, 7) is -0.732. The predicted octanol–water partition coefficient (Wildman–Crippen LogP) is 0.808. The van der Waals surface area contributed by atoms with Gasteiger partial charge in [0.25, 0.3) is 0 Å². The third-order valence-corrected chi connectivity index (χ3v) is 2.35. The van der Waals surface area contributed by atoms with Gasteiger partial charge in [0.1, 0.15) is 6.54 Å². The molecule has 1 aromatic carbocycles. The lowest BCUT2D eigenvalue weighted by Gasteiger charge is -2.28. The van der Waals surface area contributed by atoms with Crippen LogP contribution in [0.2, 0.25) is 0 Å². The Morgan fingerprint density at radius 2 is 2.06 bits per heavy atom. The number of nitrogens with zero attached hydrogens (tertiary/aromatic N) is 1. The molecule has 1 amide bonds. The molecule has 7 heteroatoms. The van der Waals surface area contributed by atoms with E-state index in [-0.39, 0.29) is 17.9 Å². The highest BCUT2D eigenvalue weighted by Gasteiger charge is 2.27. The molecule has 17 heavy (non-hydrogen) atoms. The Balaban J connectivity index is 2.47. The second kappa shape index (κ2) is 4.00. The van der Waals surface area contributed by atoms with Gasteiger partial charge in [-0.25, -0.2) is 8.78 Å². The molecule has 5 nitrogen and oxygen atoms in total. The van der Waals surface area contributed by atoms with E-state index in [4.69, 9.17) is 5.11 Å². The summed E-state index contributed by atoms with van der Waals surface area (Å²) in [5.74, 6) is -3.92. The van der Waals surface area contributed by atoms with Gasteiger partial charge in [-0.05, 0) is 0 Å². The Kier molecular flexibility index (Phi) is 2.66. The number of carboxylic acid groups (broad SMARTS) is 1. The molecule has 1 heterocycles. The minimum absolute atomic E-state index is 0.0301. The molecule has 0 aliphatic carbocycles. The summed E-state index contributed by atoms with van der Waals surface area (Å²) in [5.41, 5.74) is 0.229. The number of carbonyl (C=O) groups excluding carboxylic acids is 1. The highest BCUT2D eigenvalue weighted by molar-refractivity contribution is 6.05. The number of aliphatic carboxylic acids is 1. The van der Waals surface area contributed by atoms with Crippen molar-refractivity contribution >= 4 is 23.3 Å². The summed E-state index contributed by atoms with van der Waals surface area (Å²) in [6.07, 6.45) is 0. The summed E-state index contributed by atoms with van der Waals surface area (Å²) in [5, 5.41) is 11.2. The Bertz CT molecular complexity index is 505. The number of hydrogen-bond acceptors (Lipinski definition) is 3. The summed E-state index contributed by atoms with van der Waals surface area (Å²) >= 11 is 0. The zero-order valence-electron chi connectivity index (χ0n) is 8.54. The Morgan fingerprint density at radius 1 is 1.41 bits per heavy atom. The third-order valence-electron chi connectivity index (χ3n) is 2.35. The predicted molar refractivity (Wildman–Crippen MR) is 54.8 cm³/mol. The number of carboxylic acids is 1. The Morgan fingerprint density at radius 3 is 2.71 bits per heavy atom. The van der Waals surface area contributed by atoms with Crippen LogP contribution in [0.3, 0.4) is 0 Å². The van der Waals surface area contributed by atoms with Crippen molar-refractivity contribution < 1.29 is 23.5 Å². The normalized spacial score (nSPS) is 14.2. The first-order valence-electron chi connectivity index (χ1n) is 4.74. The molecule has 0 bridgehead atoms. The van der Waals surface area contributed by atoms with Gasteiger partial charge in [0, 0.05) is 12.1 Å². The highest BCUT2D eigenvalue weighted by atomic mass is 19.2. The van der Waals surface area contributed by atoms with Gasteiger partial charge >= 0.3 is 5.97 Å². The quantitative estimate of drug-likeness (QED) is 0.805. The van der Waals surface area contributed by atoms with Crippen molar-refractivity contribution in [1.29, 1.82) is 0 Å². The summed E-state index contributed by atoms with van der Waals surface area (Å²) in [4.78, 5) is 23.0. The molecule has 0 unspecified atom stereocenters. The molecule has 1 aliphatic heterocycles. The molecule has 0 spiro atoms. The van der Waals surface area contributed by atoms with Crippen LogP contribution in [0.1, 0.15) is 0 Å². The van der Waals surface area contributed by atoms with Crippen molar-refractivity contribution in [2.45, 2.75) is 0 Å². The second-order valence-electron chi connectivity index (χ2n) is 3.51. The average molecular weight is 242 g/mol. The van der Waals surface area contributed by atoms with Crippen LogP contribution in [-0.4, -0.2) is 30.1 Å². The van der Waals surface area contributed by atoms with E-state index in [9.17, 15) is 18.4 Å². The lowest BCUT2D eigenvalue weighted by atomic mass is 10.2. The Labute approximate surface area is 94.6 Å². The molecule has 0 fully saturated rings. The van der Waals surface area contributed by atoms with Gasteiger partial charge in [0.05, 0.1) is 17.9 Å². The zero-order valence-corrected chi connectivity index (χ0v) is 8.54. The molecule has 1 aromatic rings. The first-order valence-corrected chi connectivity index (χ1v) is 4.74. The fourth-order valence-corrected chi connectivity index (χ4v) is 1.61. The van der Waals surface area contributed by atoms with Crippen molar-refractivity contribution in [3.63, 3.8) is 0 Å². The van der Waals surface area contributed by atoms with Crippen LogP contribution in [0.25, 0.3) is 0 Å². The monoisotopic (exact) mass is 242 g/mol. The minimum atomic E-state index is -1.23. The van der Waals surface area contributed by atoms with Gasteiger partial charge in [-0.2, -0.15) is 0 Å². The third kappa shape index (κ3) is 2.03. The number of hydrogen-bond donors (Lipinski definition) is 2. The van der Waals surface area contributed by atoms with E-state index in [1.54, 1.807) is 0 Å². The zero-order chi connectivity index (χ0) is 12.6. The summed E-state index contributed by atoms with van der Waals surface area (Å²) < 4.78 is 26.0. The van der Waals surface area contributed by atoms with Crippen LogP contribution in [0.4, 0.5) is 20.2 Å². The summed E-state index contributed by atoms with van der Waals surface area (Å²) in [7, 11) is 0. The molecule has 90 valence electrons. The van der Waals surface area contributed by atoms with Crippen LogP contribution < -0.4 is 10.2 Å². The van der Waals surface area contributed by atoms with Crippen molar-refractivity contribution in [2.75, 3.05) is 23.3 Å².